The van der Waals surface area contributed by atoms with E-state index in [9.17, 15) is 9.59 Å². The number of carbonyl (C=O) groups excluding carboxylic acids is 2. The molecular formula is C13H20N4O3S. The molecule has 8 heteroatoms. The van der Waals surface area contributed by atoms with Gasteiger partial charge in [-0.2, -0.15) is 0 Å². The van der Waals surface area contributed by atoms with Gasteiger partial charge in [0, 0.05) is 26.2 Å². The number of primary amides is 1. The van der Waals surface area contributed by atoms with Crippen LogP contribution in [0, 0.1) is 0 Å². The van der Waals surface area contributed by atoms with Crippen LogP contribution in [-0.4, -0.2) is 44.7 Å². The SMILES string of the molecule is CCNC(=O)c1sc(N2CCCOCC2)c(C(N)=O)c1N. The minimum atomic E-state index is -0.612. The van der Waals surface area contributed by atoms with Crippen LogP contribution in [0.2, 0.25) is 0 Å². The lowest BCUT2D eigenvalue weighted by Crippen LogP contribution is -2.27. The minimum Gasteiger partial charge on any atom is -0.397 e. The highest BCUT2D eigenvalue weighted by atomic mass is 32.1. The first-order valence-corrected chi connectivity index (χ1v) is 7.70. The van der Waals surface area contributed by atoms with E-state index in [4.69, 9.17) is 16.2 Å². The van der Waals surface area contributed by atoms with E-state index in [1.165, 1.54) is 11.3 Å². The maximum atomic E-state index is 12.0. The van der Waals surface area contributed by atoms with Gasteiger partial charge < -0.3 is 26.4 Å². The number of ether oxygens (including phenoxy) is 1. The molecule has 21 heavy (non-hydrogen) atoms. The normalized spacial score (nSPS) is 15.6. The molecule has 0 unspecified atom stereocenters. The Balaban J connectivity index is 2.41. The molecule has 1 aliphatic heterocycles. The minimum absolute atomic E-state index is 0.165. The molecule has 2 amide bonds. The number of amides is 2. The molecule has 0 spiro atoms. The summed E-state index contributed by atoms with van der Waals surface area (Å²) >= 11 is 1.21. The quantitative estimate of drug-likeness (QED) is 0.745. The van der Waals surface area contributed by atoms with Crippen LogP contribution < -0.4 is 21.7 Å². The van der Waals surface area contributed by atoms with Gasteiger partial charge in [0.05, 0.1) is 17.9 Å². The van der Waals surface area contributed by atoms with Crippen LogP contribution in [-0.2, 0) is 4.74 Å². The average molecular weight is 312 g/mol. The Morgan fingerprint density at radius 3 is 2.81 bits per heavy atom. The van der Waals surface area contributed by atoms with Gasteiger partial charge in [-0.1, -0.05) is 0 Å². The van der Waals surface area contributed by atoms with Crippen molar-refractivity contribution in [1.82, 2.24) is 5.32 Å². The van der Waals surface area contributed by atoms with Gasteiger partial charge in [-0.3, -0.25) is 9.59 Å². The van der Waals surface area contributed by atoms with Crippen LogP contribution >= 0.6 is 11.3 Å². The number of carbonyl (C=O) groups is 2. The Kier molecular flexibility index (Phi) is 5.03. The Morgan fingerprint density at radius 2 is 2.14 bits per heavy atom. The molecule has 0 bridgehead atoms. The number of hydrogen-bond donors (Lipinski definition) is 3. The first-order valence-electron chi connectivity index (χ1n) is 6.89. The van der Waals surface area contributed by atoms with E-state index in [0.29, 0.717) is 36.2 Å². The third-order valence-electron chi connectivity index (χ3n) is 3.23. The monoisotopic (exact) mass is 312 g/mol. The molecule has 0 radical (unpaired) electrons. The predicted octanol–water partition coefficient (Wildman–Crippen LogP) is 0.406. The van der Waals surface area contributed by atoms with Crippen molar-refractivity contribution in [3.05, 3.63) is 10.4 Å². The number of nitrogens with two attached hydrogens (primary N) is 2. The van der Waals surface area contributed by atoms with Crippen LogP contribution in [0.25, 0.3) is 0 Å². The number of anilines is 2. The smallest absolute Gasteiger partial charge is 0.263 e. The zero-order valence-corrected chi connectivity index (χ0v) is 12.8. The highest BCUT2D eigenvalue weighted by Crippen LogP contribution is 2.38. The van der Waals surface area contributed by atoms with Gasteiger partial charge in [-0.15, -0.1) is 11.3 Å². The summed E-state index contributed by atoms with van der Waals surface area (Å²) < 4.78 is 5.41. The van der Waals surface area contributed by atoms with Gasteiger partial charge in [-0.05, 0) is 13.3 Å². The highest BCUT2D eigenvalue weighted by molar-refractivity contribution is 7.19. The standard InChI is InChI=1S/C13H20N4O3S/c1-2-16-12(19)10-9(14)8(11(15)18)13(21-10)17-4-3-6-20-7-5-17/h2-7,14H2,1H3,(H2,15,18)(H,16,19). The summed E-state index contributed by atoms with van der Waals surface area (Å²) in [7, 11) is 0. The summed E-state index contributed by atoms with van der Waals surface area (Å²) in [6.07, 6.45) is 0.854. The molecule has 5 N–H and O–H groups in total. The first-order chi connectivity index (χ1) is 10.1. The summed E-state index contributed by atoms with van der Waals surface area (Å²) in [5, 5.41) is 3.35. The maximum Gasteiger partial charge on any atom is 0.263 e. The topological polar surface area (TPSA) is 111 Å². The number of nitrogens with zero attached hydrogens (tertiary/aromatic N) is 1. The molecule has 1 aromatic heterocycles. The fraction of sp³-hybridized carbons (Fsp3) is 0.538. The molecule has 1 fully saturated rings. The number of rotatable bonds is 4. The Bertz CT molecular complexity index is 536. The summed E-state index contributed by atoms with van der Waals surface area (Å²) in [5.74, 6) is -0.890. The van der Waals surface area contributed by atoms with E-state index in [-0.39, 0.29) is 17.2 Å². The van der Waals surface area contributed by atoms with Gasteiger partial charge >= 0.3 is 0 Å². The van der Waals surface area contributed by atoms with Gasteiger partial charge in [0.1, 0.15) is 9.88 Å². The highest BCUT2D eigenvalue weighted by Gasteiger charge is 2.27. The van der Waals surface area contributed by atoms with Crippen LogP contribution in [0.1, 0.15) is 33.4 Å². The number of hydrogen-bond acceptors (Lipinski definition) is 6. The largest absolute Gasteiger partial charge is 0.397 e. The number of nitrogen functional groups attached to an aromatic ring is 1. The van der Waals surface area contributed by atoms with Gasteiger partial charge in [0.15, 0.2) is 0 Å². The third kappa shape index (κ3) is 3.27. The van der Waals surface area contributed by atoms with Crippen molar-refractivity contribution in [2.45, 2.75) is 13.3 Å². The van der Waals surface area contributed by atoms with E-state index < -0.39 is 5.91 Å². The van der Waals surface area contributed by atoms with Crippen molar-refractivity contribution in [1.29, 1.82) is 0 Å². The Labute approximate surface area is 127 Å². The molecule has 1 aromatic rings. The second-order valence-corrected chi connectivity index (χ2v) is 5.70. The van der Waals surface area contributed by atoms with Gasteiger partial charge in [0.25, 0.3) is 11.8 Å². The fourth-order valence-electron chi connectivity index (χ4n) is 2.25. The third-order valence-corrected chi connectivity index (χ3v) is 4.49. The summed E-state index contributed by atoms with van der Waals surface area (Å²) in [6, 6.07) is 0. The Morgan fingerprint density at radius 1 is 1.38 bits per heavy atom. The zero-order chi connectivity index (χ0) is 15.4. The van der Waals surface area contributed by atoms with Crippen molar-refractivity contribution in [2.75, 3.05) is 43.5 Å². The van der Waals surface area contributed by atoms with Crippen LogP contribution in [0.3, 0.4) is 0 Å². The van der Waals surface area contributed by atoms with E-state index in [2.05, 4.69) is 5.32 Å². The van der Waals surface area contributed by atoms with Crippen molar-refractivity contribution in [2.24, 2.45) is 5.73 Å². The van der Waals surface area contributed by atoms with Crippen molar-refractivity contribution in [3.8, 4) is 0 Å². The molecule has 116 valence electrons. The molecule has 7 nitrogen and oxygen atoms in total. The van der Waals surface area contributed by atoms with Crippen molar-refractivity contribution < 1.29 is 14.3 Å². The molecule has 1 saturated heterocycles. The molecule has 0 aromatic carbocycles. The van der Waals surface area contributed by atoms with E-state index in [1.807, 2.05) is 11.8 Å². The molecule has 0 saturated carbocycles. The van der Waals surface area contributed by atoms with Crippen molar-refractivity contribution in [3.63, 3.8) is 0 Å². The molecule has 2 heterocycles. The lowest BCUT2D eigenvalue weighted by atomic mass is 10.2. The molecule has 0 aliphatic carbocycles. The molecular weight excluding hydrogens is 292 g/mol. The lowest BCUT2D eigenvalue weighted by molar-refractivity contribution is 0.0960. The summed E-state index contributed by atoms with van der Waals surface area (Å²) in [4.78, 5) is 26.1. The maximum absolute atomic E-state index is 12.0. The Hall–Kier alpha value is -1.80. The summed E-state index contributed by atoms with van der Waals surface area (Å²) in [6.45, 7) is 4.97. The van der Waals surface area contributed by atoms with Crippen molar-refractivity contribution >= 4 is 33.8 Å². The van der Waals surface area contributed by atoms with E-state index >= 15 is 0 Å². The number of nitrogens with one attached hydrogen (secondary N) is 1. The molecule has 1 aliphatic rings. The zero-order valence-electron chi connectivity index (χ0n) is 12.0. The molecule has 2 rings (SSSR count). The second kappa shape index (κ2) is 6.77. The predicted molar refractivity (Wildman–Crippen MR) is 82.9 cm³/mol. The first kappa shape index (κ1) is 15.6. The molecule has 0 atom stereocenters. The number of thiophene rings is 1. The van der Waals surface area contributed by atoms with Crippen LogP contribution in [0.5, 0.6) is 0 Å². The van der Waals surface area contributed by atoms with E-state index in [1.54, 1.807) is 0 Å². The summed E-state index contributed by atoms with van der Waals surface area (Å²) in [5.41, 5.74) is 11.8. The fourth-order valence-corrected chi connectivity index (χ4v) is 3.45. The lowest BCUT2D eigenvalue weighted by Gasteiger charge is -2.20. The van der Waals surface area contributed by atoms with Gasteiger partial charge in [0.2, 0.25) is 0 Å². The van der Waals surface area contributed by atoms with E-state index in [0.717, 1.165) is 13.0 Å². The average Bonchev–Trinajstić information content (AvgIpc) is 2.63. The second-order valence-electron chi connectivity index (χ2n) is 4.70. The van der Waals surface area contributed by atoms with Crippen LogP contribution in [0.4, 0.5) is 10.7 Å². The van der Waals surface area contributed by atoms with Gasteiger partial charge in [-0.25, -0.2) is 0 Å². The van der Waals surface area contributed by atoms with Crippen LogP contribution in [0.15, 0.2) is 0 Å².